The Morgan fingerprint density at radius 3 is 2.65 bits per heavy atom. The predicted molar refractivity (Wildman–Crippen MR) is 95.8 cm³/mol. The van der Waals surface area contributed by atoms with Crippen molar-refractivity contribution >= 4 is 5.95 Å². The summed E-state index contributed by atoms with van der Waals surface area (Å²) in [5.41, 5.74) is 0.880. The first-order chi connectivity index (χ1) is 12.8. The smallest absolute Gasteiger partial charge is 0.241 e. The third-order valence-electron chi connectivity index (χ3n) is 4.36. The fourth-order valence-corrected chi connectivity index (χ4v) is 2.95. The molecule has 8 nitrogen and oxygen atoms in total. The minimum absolute atomic E-state index is 0.579. The molecule has 0 saturated carbocycles. The fraction of sp³-hybridized carbons (Fsp3) is 0.333. The molecule has 8 heteroatoms. The molecule has 0 amide bonds. The molecule has 0 radical (unpaired) electrons. The molecular weight excluding hydrogens is 332 g/mol. The predicted octanol–water partition coefficient (Wildman–Crippen LogP) is 1.86. The Labute approximate surface area is 151 Å². The van der Waals surface area contributed by atoms with E-state index in [2.05, 4.69) is 29.9 Å². The van der Waals surface area contributed by atoms with Crippen LogP contribution >= 0.6 is 0 Å². The highest BCUT2D eigenvalue weighted by molar-refractivity contribution is 5.56. The Morgan fingerprint density at radius 2 is 1.88 bits per heavy atom. The molecule has 0 spiro atoms. The SMILES string of the molecule is COc1cccc(-c2noc(CN3CCN(c4ncccn4)CC3)n2)c1. The van der Waals surface area contributed by atoms with Gasteiger partial charge in [-0.2, -0.15) is 4.98 Å². The van der Waals surface area contributed by atoms with Crippen LogP contribution in [0.25, 0.3) is 11.4 Å². The molecule has 3 heterocycles. The van der Waals surface area contributed by atoms with E-state index in [1.807, 2.05) is 30.3 Å². The monoisotopic (exact) mass is 352 g/mol. The molecule has 1 aliphatic rings. The van der Waals surface area contributed by atoms with E-state index in [-0.39, 0.29) is 0 Å². The van der Waals surface area contributed by atoms with Gasteiger partial charge in [-0.25, -0.2) is 9.97 Å². The molecule has 1 saturated heterocycles. The van der Waals surface area contributed by atoms with Gasteiger partial charge in [-0.15, -0.1) is 0 Å². The average molecular weight is 352 g/mol. The van der Waals surface area contributed by atoms with Crippen LogP contribution in [0, 0.1) is 0 Å². The second-order valence-electron chi connectivity index (χ2n) is 6.06. The van der Waals surface area contributed by atoms with Crippen molar-refractivity contribution in [2.75, 3.05) is 38.2 Å². The number of anilines is 1. The van der Waals surface area contributed by atoms with Crippen molar-refractivity contribution in [1.29, 1.82) is 0 Å². The van der Waals surface area contributed by atoms with Gasteiger partial charge >= 0.3 is 0 Å². The Kier molecular flexibility index (Phi) is 4.74. The molecule has 0 bridgehead atoms. The molecule has 4 rings (SSSR count). The quantitative estimate of drug-likeness (QED) is 0.688. The molecule has 1 aromatic carbocycles. The lowest BCUT2D eigenvalue weighted by Gasteiger charge is -2.33. The van der Waals surface area contributed by atoms with Crippen molar-refractivity contribution in [3.05, 3.63) is 48.6 Å². The molecule has 0 N–H and O–H groups in total. The summed E-state index contributed by atoms with van der Waals surface area (Å²) in [5.74, 6) is 2.75. The molecule has 134 valence electrons. The molecule has 0 aliphatic carbocycles. The van der Waals surface area contributed by atoms with Crippen molar-refractivity contribution in [1.82, 2.24) is 25.0 Å². The van der Waals surface area contributed by atoms with Gasteiger partial charge in [-0.3, -0.25) is 4.90 Å². The maximum atomic E-state index is 5.42. The second kappa shape index (κ2) is 7.49. The Morgan fingerprint density at radius 1 is 1.08 bits per heavy atom. The van der Waals surface area contributed by atoms with Crippen LogP contribution in [0.3, 0.4) is 0 Å². The van der Waals surface area contributed by atoms with Crippen molar-refractivity contribution in [2.45, 2.75) is 6.54 Å². The first-order valence-corrected chi connectivity index (χ1v) is 8.53. The summed E-state index contributed by atoms with van der Waals surface area (Å²) >= 11 is 0. The van der Waals surface area contributed by atoms with E-state index < -0.39 is 0 Å². The van der Waals surface area contributed by atoms with Crippen molar-refractivity contribution < 1.29 is 9.26 Å². The zero-order chi connectivity index (χ0) is 17.8. The lowest BCUT2D eigenvalue weighted by Crippen LogP contribution is -2.46. The topological polar surface area (TPSA) is 80.4 Å². The van der Waals surface area contributed by atoms with Crippen LogP contribution in [0.5, 0.6) is 5.75 Å². The lowest BCUT2D eigenvalue weighted by molar-refractivity contribution is 0.214. The van der Waals surface area contributed by atoms with Crippen molar-refractivity contribution in [2.24, 2.45) is 0 Å². The number of hydrogen-bond donors (Lipinski definition) is 0. The number of rotatable bonds is 5. The number of ether oxygens (including phenoxy) is 1. The maximum absolute atomic E-state index is 5.42. The van der Waals surface area contributed by atoms with Crippen LogP contribution < -0.4 is 9.64 Å². The van der Waals surface area contributed by atoms with Gasteiger partial charge in [0.05, 0.1) is 13.7 Å². The summed E-state index contributed by atoms with van der Waals surface area (Å²) in [6.07, 6.45) is 3.54. The number of methoxy groups -OCH3 is 1. The summed E-state index contributed by atoms with van der Waals surface area (Å²) in [7, 11) is 1.64. The van der Waals surface area contributed by atoms with E-state index in [9.17, 15) is 0 Å². The van der Waals surface area contributed by atoms with E-state index in [1.54, 1.807) is 19.5 Å². The molecule has 0 unspecified atom stereocenters. The first-order valence-electron chi connectivity index (χ1n) is 8.53. The normalized spacial score (nSPS) is 15.2. The molecule has 0 atom stereocenters. The highest BCUT2D eigenvalue weighted by atomic mass is 16.5. The van der Waals surface area contributed by atoms with Crippen LogP contribution in [0.2, 0.25) is 0 Å². The van der Waals surface area contributed by atoms with Crippen LogP contribution in [0.4, 0.5) is 5.95 Å². The van der Waals surface area contributed by atoms with E-state index >= 15 is 0 Å². The van der Waals surface area contributed by atoms with Crippen molar-refractivity contribution in [3.63, 3.8) is 0 Å². The summed E-state index contributed by atoms with van der Waals surface area (Å²) in [6, 6.07) is 9.47. The summed E-state index contributed by atoms with van der Waals surface area (Å²) in [5, 5.41) is 4.09. The number of benzene rings is 1. The molecule has 2 aromatic heterocycles. The molecule has 1 fully saturated rings. The average Bonchev–Trinajstić information content (AvgIpc) is 3.18. The zero-order valence-electron chi connectivity index (χ0n) is 14.6. The largest absolute Gasteiger partial charge is 0.497 e. The van der Waals surface area contributed by atoms with E-state index in [1.165, 1.54) is 0 Å². The van der Waals surface area contributed by atoms with Crippen LogP contribution in [-0.4, -0.2) is 58.3 Å². The Bertz CT molecular complexity index is 846. The Balaban J connectivity index is 1.36. The molecule has 26 heavy (non-hydrogen) atoms. The first kappa shape index (κ1) is 16.5. The minimum Gasteiger partial charge on any atom is -0.497 e. The van der Waals surface area contributed by atoms with E-state index in [0.717, 1.165) is 43.4 Å². The fourth-order valence-electron chi connectivity index (χ4n) is 2.95. The maximum Gasteiger partial charge on any atom is 0.241 e. The third-order valence-corrected chi connectivity index (χ3v) is 4.36. The van der Waals surface area contributed by atoms with Gasteiger partial charge in [0.15, 0.2) is 0 Å². The van der Waals surface area contributed by atoms with Crippen LogP contribution in [-0.2, 0) is 6.54 Å². The van der Waals surface area contributed by atoms with Gasteiger partial charge in [0.25, 0.3) is 0 Å². The zero-order valence-corrected chi connectivity index (χ0v) is 14.6. The molecular formula is C18H20N6O2. The highest BCUT2D eigenvalue weighted by Crippen LogP contribution is 2.21. The highest BCUT2D eigenvalue weighted by Gasteiger charge is 2.21. The van der Waals surface area contributed by atoms with Gasteiger partial charge < -0.3 is 14.2 Å². The molecule has 3 aromatic rings. The standard InChI is InChI=1S/C18H20N6O2/c1-25-15-5-2-4-14(12-15)17-21-16(26-22-17)13-23-8-10-24(11-9-23)18-19-6-3-7-20-18/h2-7,12H,8-11,13H2,1H3. The second-order valence-corrected chi connectivity index (χ2v) is 6.06. The van der Waals surface area contributed by atoms with Crippen molar-refractivity contribution in [3.8, 4) is 17.1 Å². The van der Waals surface area contributed by atoms with Gasteiger partial charge in [-0.05, 0) is 18.2 Å². The number of nitrogens with zero attached hydrogens (tertiary/aromatic N) is 6. The van der Waals surface area contributed by atoms with Crippen LogP contribution in [0.15, 0.2) is 47.2 Å². The lowest BCUT2D eigenvalue weighted by atomic mass is 10.2. The minimum atomic E-state index is 0.579. The van der Waals surface area contributed by atoms with Gasteiger partial charge in [0, 0.05) is 44.1 Å². The van der Waals surface area contributed by atoms with Gasteiger partial charge in [0.1, 0.15) is 5.75 Å². The summed E-state index contributed by atoms with van der Waals surface area (Å²) < 4.78 is 10.7. The third kappa shape index (κ3) is 3.65. The summed E-state index contributed by atoms with van der Waals surface area (Å²) in [6.45, 7) is 4.19. The Hall–Kier alpha value is -3.00. The van der Waals surface area contributed by atoms with E-state index in [4.69, 9.17) is 9.26 Å². The number of hydrogen-bond acceptors (Lipinski definition) is 8. The van der Waals surface area contributed by atoms with Gasteiger partial charge in [0.2, 0.25) is 17.7 Å². The van der Waals surface area contributed by atoms with E-state index in [0.29, 0.717) is 18.3 Å². The number of aromatic nitrogens is 4. The summed E-state index contributed by atoms with van der Waals surface area (Å²) in [4.78, 5) is 17.6. The molecule has 1 aliphatic heterocycles. The van der Waals surface area contributed by atoms with Gasteiger partial charge in [-0.1, -0.05) is 17.3 Å². The number of piperazine rings is 1. The van der Waals surface area contributed by atoms with Crippen LogP contribution in [0.1, 0.15) is 5.89 Å².